The molecule has 0 unspecified atom stereocenters. The van der Waals surface area contributed by atoms with E-state index >= 15 is 0 Å². The van der Waals surface area contributed by atoms with E-state index in [2.05, 4.69) is 0 Å². The van der Waals surface area contributed by atoms with E-state index in [1.807, 2.05) is 6.92 Å². The second-order valence-electron chi connectivity index (χ2n) is 6.64. The summed E-state index contributed by atoms with van der Waals surface area (Å²) >= 11 is 0. The minimum absolute atomic E-state index is 0.202. The molecule has 2 rings (SSSR count). The van der Waals surface area contributed by atoms with Crippen LogP contribution in [-0.4, -0.2) is 42.0 Å². The van der Waals surface area contributed by atoms with Gasteiger partial charge in [-0.2, -0.15) is 0 Å². The minimum atomic E-state index is -0.588. The fourth-order valence-electron chi connectivity index (χ4n) is 2.35. The quantitative estimate of drug-likeness (QED) is 0.786. The first-order valence-corrected chi connectivity index (χ1v) is 7.52. The first-order chi connectivity index (χ1) is 10.6. The molecule has 0 aromatic heterocycles. The lowest BCUT2D eigenvalue weighted by Gasteiger charge is -2.33. The van der Waals surface area contributed by atoms with Crippen LogP contribution in [0.1, 0.15) is 43.1 Å². The van der Waals surface area contributed by atoms with E-state index in [0.717, 1.165) is 10.5 Å². The van der Waals surface area contributed by atoms with Gasteiger partial charge in [-0.15, -0.1) is 0 Å². The summed E-state index contributed by atoms with van der Waals surface area (Å²) in [5.41, 5.74) is 1.27. The van der Waals surface area contributed by atoms with Crippen LogP contribution in [0.15, 0.2) is 18.2 Å². The zero-order valence-corrected chi connectivity index (χ0v) is 14.2. The lowest BCUT2D eigenvalue weighted by molar-refractivity contribution is -0.127. The molecule has 1 saturated heterocycles. The Hall–Kier alpha value is -2.37. The van der Waals surface area contributed by atoms with Gasteiger partial charge in [-0.1, -0.05) is 6.07 Å². The molecule has 0 bridgehead atoms. The predicted molar refractivity (Wildman–Crippen MR) is 86.5 cm³/mol. The van der Waals surface area contributed by atoms with E-state index in [4.69, 9.17) is 4.74 Å². The van der Waals surface area contributed by atoms with Crippen molar-refractivity contribution in [3.8, 4) is 0 Å². The van der Waals surface area contributed by atoms with Crippen molar-refractivity contribution in [2.75, 3.05) is 18.5 Å². The maximum absolute atomic E-state index is 12.3. The molecule has 1 heterocycles. The number of hydrogen-bond acceptors (Lipinski definition) is 4. The van der Waals surface area contributed by atoms with Crippen LogP contribution in [0.25, 0.3) is 0 Å². The molecule has 23 heavy (non-hydrogen) atoms. The number of anilines is 1. The minimum Gasteiger partial charge on any atom is -0.456 e. The number of carbonyl (C=O) groups excluding carboxylic acids is 3. The van der Waals surface area contributed by atoms with Gasteiger partial charge in [-0.05, 0) is 45.4 Å². The number of nitrogens with zero attached hydrogens (tertiary/aromatic N) is 2. The van der Waals surface area contributed by atoms with E-state index < -0.39 is 11.6 Å². The summed E-state index contributed by atoms with van der Waals surface area (Å²) in [6, 6.07) is 4.71. The van der Waals surface area contributed by atoms with Gasteiger partial charge in [0.25, 0.3) is 0 Å². The molecular weight excluding hydrogens is 296 g/mol. The van der Waals surface area contributed by atoms with Gasteiger partial charge in [0.05, 0.1) is 5.56 Å². The molecule has 1 fully saturated rings. The summed E-state index contributed by atoms with van der Waals surface area (Å²) in [6.07, 6.45) is 0.262. The van der Waals surface area contributed by atoms with E-state index in [1.165, 1.54) is 11.9 Å². The summed E-state index contributed by atoms with van der Waals surface area (Å²) in [7, 11) is 1.46. The lowest BCUT2D eigenvalue weighted by Crippen LogP contribution is -2.50. The molecule has 0 atom stereocenters. The van der Waals surface area contributed by atoms with Crippen molar-refractivity contribution in [3.63, 3.8) is 0 Å². The van der Waals surface area contributed by atoms with Crippen LogP contribution < -0.4 is 4.90 Å². The van der Waals surface area contributed by atoms with Gasteiger partial charge in [0.2, 0.25) is 5.91 Å². The van der Waals surface area contributed by atoms with Crippen molar-refractivity contribution >= 4 is 23.6 Å². The van der Waals surface area contributed by atoms with Crippen molar-refractivity contribution in [3.05, 3.63) is 29.3 Å². The van der Waals surface area contributed by atoms with Gasteiger partial charge in [0, 0.05) is 25.7 Å². The number of carbonyl (C=O) groups is 3. The average Bonchev–Trinajstić information content (AvgIpc) is 2.44. The highest BCUT2D eigenvalue weighted by molar-refractivity contribution is 6.06. The first kappa shape index (κ1) is 17.0. The average molecular weight is 318 g/mol. The van der Waals surface area contributed by atoms with Crippen LogP contribution >= 0.6 is 0 Å². The van der Waals surface area contributed by atoms with E-state index in [1.54, 1.807) is 39.0 Å². The molecule has 0 spiro atoms. The molecule has 1 aliphatic rings. The number of imide groups is 1. The standard InChI is InChI=1S/C17H22N2O4/c1-11-6-7-12(15(21)23-17(2,3)4)10-13(11)19-9-8-14(20)18(5)16(19)22/h6-7,10H,8-9H2,1-5H3. The van der Waals surface area contributed by atoms with Crippen molar-refractivity contribution in [1.82, 2.24) is 4.90 Å². The summed E-state index contributed by atoms with van der Waals surface area (Å²) < 4.78 is 5.36. The summed E-state index contributed by atoms with van der Waals surface area (Å²) in [5, 5.41) is 0. The molecule has 1 aromatic rings. The SMILES string of the molecule is Cc1ccc(C(=O)OC(C)(C)C)cc1N1CCC(=O)N(C)C1=O. The number of ether oxygens (including phenoxy) is 1. The molecule has 0 radical (unpaired) electrons. The highest BCUT2D eigenvalue weighted by Crippen LogP contribution is 2.26. The van der Waals surface area contributed by atoms with Gasteiger partial charge in [-0.25, -0.2) is 9.59 Å². The fraction of sp³-hybridized carbons (Fsp3) is 0.471. The highest BCUT2D eigenvalue weighted by atomic mass is 16.6. The Morgan fingerprint density at radius 1 is 1.22 bits per heavy atom. The van der Waals surface area contributed by atoms with Crippen LogP contribution in [0, 0.1) is 6.92 Å². The predicted octanol–water partition coefficient (Wildman–Crippen LogP) is 2.74. The monoisotopic (exact) mass is 318 g/mol. The van der Waals surface area contributed by atoms with Gasteiger partial charge in [0.1, 0.15) is 5.60 Å². The largest absolute Gasteiger partial charge is 0.456 e. The number of urea groups is 1. The van der Waals surface area contributed by atoms with Crippen LogP contribution in [0.4, 0.5) is 10.5 Å². The summed E-state index contributed by atoms with van der Waals surface area (Å²) in [5.74, 6) is -0.639. The third-order valence-electron chi connectivity index (χ3n) is 3.58. The van der Waals surface area contributed by atoms with Crippen LogP contribution in [-0.2, 0) is 9.53 Å². The topological polar surface area (TPSA) is 66.9 Å². The molecule has 6 heteroatoms. The van der Waals surface area contributed by atoms with Crippen molar-refractivity contribution < 1.29 is 19.1 Å². The Morgan fingerprint density at radius 3 is 2.48 bits per heavy atom. The number of hydrogen-bond donors (Lipinski definition) is 0. The Morgan fingerprint density at radius 2 is 1.87 bits per heavy atom. The normalized spacial score (nSPS) is 15.9. The summed E-state index contributed by atoms with van der Waals surface area (Å²) in [6.45, 7) is 7.57. The number of rotatable bonds is 2. The van der Waals surface area contributed by atoms with Crippen molar-refractivity contribution in [2.45, 2.75) is 39.7 Å². The van der Waals surface area contributed by atoms with Crippen LogP contribution in [0.2, 0.25) is 0 Å². The third-order valence-corrected chi connectivity index (χ3v) is 3.58. The Bertz CT molecular complexity index is 661. The van der Waals surface area contributed by atoms with E-state index in [0.29, 0.717) is 17.8 Å². The van der Waals surface area contributed by atoms with Gasteiger partial charge < -0.3 is 4.74 Å². The van der Waals surface area contributed by atoms with E-state index in [-0.39, 0.29) is 18.4 Å². The molecule has 0 saturated carbocycles. The second kappa shape index (κ2) is 6.02. The zero-order chi connectivity index (χ0) is 17.4. The summed E-state index contributed by atoms with van der Waals surface area (Å²) in [4.78, 5) is 38.7. The first-order valence-electron chi connectivity index (χ1n) is 7.52. The van der Waals surface area contributed by atoms with Gasteiger partial charge >= 0.3 is 12.0 Å². The molecule has 0 aliphatic carbocycles. The zero-order valence-electron chi connectivity index (χ0n) is 14.2. The third kappa shape index (κ3) is 3.70. The van der Waals surface area contributed by atoms with Gasteiger partial charge in [0.15, 0.2) is 0 Å². The number of amides is 3. The second-order valence-corrected chi connectivity index (χ2v) is 6.64. The number of benzene rings is 1. The molecule has 1 aliphatic heterocycles. The van der Waals surface area contributed by atoms with E-state index in [9.17, 15) is 14.4 Å². The molecule has 124 valence electrons. The van der Waals surface area contributed by atoms with Crippen molar-refractivity contribution in [1.29, 1.82) is 0 Å². The van der Waals surface area contributed by atoms with Gasteiger partial charge in [-0.3, -0.25) is 14.6 Å². The molecule has 0 N–H and O–H groups in total. The molecule has 6 nitrogen and oxygen atoms in total. The molecule has 1 aromatic carbocycles. The lowest BCUT2D eigenvalue weighted by atomic mass is 10.1. The fourth-order valence-corrected chi connectivity index (χ4v) is 2.35. The number of esters is 1. The molecular formula is C17H22N2O4. The van der Waals surface area contributed by atoms with Crippen molar-refractivity contribution in [2.24, 2.45) is 0 Å². The Labute approximate surface area is 136 Å². The van der Waals surface area contributed by atoms with Crippen LogP contribution in [0.3, 0.4) is 0 Å². The number of aryl methyl sites for hydroxylation is 1. The maximum Gasteiger partial charge on any atom is 0.338 e. The maximum atomic E-state index is 12.3. The molecule has 3 amide bonds. The Kier molecular flexibility index (Phi) is 4.45. The smallest absolute Gasteiger partial charge is 0.338 e. The van der Waals surface area contributed by atoms with Crippen LogP contribution in [0.5, 0.6) is 0 Å². The Balaban J connectivity index is 2.33. The highest BCUT2D eigenvalue weighted by Gasteiger charge is 2.31.